The first kappa shape index (κ1) is 13.4. The zero-order chi connectivity index (χ0) is 12.7. The molecule has 2 amide bonds. The molecule has 1 aromatic heterocycles. The molecule has 5 heteroatoms. The van der Waals surface area contributed by atoms with Crippen molar-refractivity contribution in [3.05, 3.63) is 29.6 Å². The quantitative estimate of drug-likeness (QED) is 0.786. The fourth-order valence-electron chi connectivity index (χ4n) is 1.47. The first-order valence-electron chi connectivity index (χ1n) is 5.64. The van der Waals surface area contributed by atoms with Gasteiger partial charge in [0, 0.05) is 32.5 Å². The van der Waals surface area contributed by atoms with E-state index in [1.807, 2.05) is 19.2 Å². The fourth-order valence-corrected chi connectivity index (χ4v) is 1.47. The lowest BCUT2D eigenvalue weighted by molar-refractivity contribution is 0.190. The normalized spacial score (nSPS) is 10.1. The molecular formula is C12H19N3O2. The maximum Gasteiger partial charge on any atom is 0.317 e. The van der Waals surface area contributed by atoms with E-state index in [2.05, 4.69) is 10.3 Å². The Morgan fingerprint density at radius 2 is 2.35 bits per heavy atom. The number of urea groups is 1. The van der Waals surface area contributed by atoms with Crippen LogP contribution in [-0.4, -0.2) is 47.8 Å². The van der Waals surface area contributed by atoms with E-state index >= 15 is 0 Å². The summed E-state index contributed by atoms with van der Waals surface area (Å²) in [5.41, 5.74) is 2.32. The van der Waals surface area contributed by atoms with Gasteiger partial charge in [0.2, 0.25) is 0 Å². The minimum atomic E-state index is -0.161. The van der Waals surface area contributed by atoms with Crippen molar-refractivity contribution < 1.29 is 9.90 Å². The molecule has 0 fully saturated rings. The average Bonchev–Trinajstić information content (AvgIpc) is 2.31. The third-order valence-electron chi connectivity index (χ3n) is 2.59. The zero-order valence-corrected chi connectivity index (χ0v) is 10.3. The molecule has 0 aliphatic carbocycles. The van der Waals surface area contributed by atoms with E-state index in [9.17, 15) is 4.79 Å². The molecular weight excluding hydrogens is 218 g/mol. The Bertz CT molecular complexity index is 369. The molecule has 0 atom stereocenters. The van der Waals surface area contributed by atoms with Crippen molar-refractivity contribution in [2.24, 2.45) is 0 Å². The highest BCUT2D eigenvalue weighted by Gasteiger charge is 2.06. The SMILES string of the molecule is Cc1cnccc1CCNC(=O)N(C)CCO. The van der Waals surface area contributed by atoms with Gasteiger partial charge >= 0.3 is 6.03 Å². The van der Waals surface area contributed by atoms with Crippen LogP contribution in [0.4, 0.5) is 4.79 Å². The third-order valence-corrected chi connectivity index (χ3v) is 2.59. The van der Waals surface area contributed by atoms with Gasteiger partial charge < -0.3 is 15.3 Å². The number of nitrogens with zero attached hydrogens (tertiary/aromatic N) is 2. The van der Waals surface area contributed by atoms with Crippen LogP contribution < -0.4 is 5.32 Å². The second-order valence-electron chi connectivity index (χ2n) is 3.93. The number of aryl methyl sites for hydroxylation is 1. The van der Waals surface area contributed by atoms with Crippen molar-refractivity contribution in [2.75, 3.05) is 26.7 Å². The van der Waals surface area contributed by atoms with Gasteiger partial charge in [-0.25, -0.2) is 4.79 Å². The number of hydrogen-bond acceptors (Lipinski definition) is 3. The number of carbonyl (C=O) groups is 1. The highest BCUT2D eigenvalue weighted by Crippen LogP contribution is 2.04. The lowest BCUT2D eigenvalue weighted by atomic mass is 10.1. The van der Waals surface area contributed by atoms with E-state index in [1.165, 1.54) is 10.5 Å². The van der Waals surface area contributed by atoms with Gasteiger partial charge in [-0.2, -0.15) is 0 Å². The molecule has 0 radical (unpaired) electrons. The smallest absolute Gasteiger partial charge is 0.317 e. The van der Waals surface area contributed by atoms with Crippen LogP contribution >= 0.6 is 0 Å². The highest BCUT2D eigenvalue weighted by atomic mass is 16.3. The molecule has 0 spiro atoms. The van der Waals surface area contributed by atoms with Gasteiger partial charge in [-0.05, 0) is 30.5 Å². The maximum atomic E-state index is 11.5. The molecule has 1 aromatic rings. The van der Waals surface area contributed by atoms with Crippen LogP contribution in [0.15, 0.2) is 18.5 Å². The summed E-state index contributed by atoms with van der Waals surface area (Å²) >= 11 is 0. The molecule has 2 N–H and O–H groups in total. The van der Waals surface area contributed by atoms with Crippen molar-refractivity contribution >= 4 is 6.03 Å². The largest absolute Gasteiger partial charge is 0.395 e. The molecule has 1 rings (SSSR count). The Labute approximate surface area is 101 Å². The Morgan fingerprint density at radius 1 is 1.59 bits per heavy atom. The van der Waals surface area contributed by atoms with Crippen molar-refractivity contribution in [3.63, 3.8) is 0 Å². The number of pyridine rings is 1. The Morgan fingerprint density at radius 3 is 3.00 bits per heavy atom. The summed E-state index contributed by atoms with van der Waals surface area (Å²) in [7, 11) is 1.66. The lowest BCUT2D eigenvalue weighted by Crippen LogP contribution is -2.39. The van der Waals surface area contributed by atoms with Gasteiger partial charge in [-0.15, -0.1) is 0 Å². The molecule has 0 bridgehead atoms. The third kappa shape index (κ3) is 4.40. The zero-order valence-electron chi connectivity index (χ0n) is 10.3. The molecule has 0 aliphatic heterocycles. The van der Waals surface area contributed by atoms with E-state index < -0.39 is 0 Å². The predicted octanol–water partition coefficient (Wildman–Crippen LogP) is 0.566. The van der Waals surface area contributed by atoms with Crippen molar-refractivity contribution in [2.45, 2.75) is 13.3 Å². The van der Waals surface area contributed by atoms with Gasteiger partial charge in [0.15, 0.2) is 0 Å². The summed E-state index contributed by atoms with van der Waals surface area (Å²) in [5.74, 6) is 0. The highest BCUT2D eigenvalue weighted by molar-refractivity contribution is 5.73. The molecule has 94 valence electrons. The average molecular weight is 237 g/mol. The summed E-state index contributed by atoms with van der Waals surface area (Å²) in [5, 5.41) is 11.5. The molecule has 17 heavy (non-hydrogen) atoms. The number of carbonyl (C=O) groups excluding carboxylic acids is 1. The maximum absolute atomic E-state index is 11.5. The van der Waals surface area contributed by atoms with Gasteiger partial charge in [0.25, 0.3) is 0 Å². The standard InChI is InChI=1S/C12H19N3O2/c1-10-9-13-5-3-11(10)4-6-14-12(17)15(2)7-8-16/h3,5,9,16H,4,6-8H2,1-2H3,(H,14,17). The van der Waals surface area contributed by atoms with Crippen LogP contribution in [0.1, 0.15) is 11.1 Å². The predicted molar refractivity (Wildman–Crippen MR) is 65.8 cm³/mol. The number of aromatic nitrogens is 1. The van der Waals surface area contributed by atoms with Crippen LogP contribution in [0.3, 0.4) is 0 Å². The number of rotatable bonds is 5. The second-order valence-corrected chi connectivity index (χ2v) is 3.93. The van der Waals surface area contributed by atoms with Gasteiger partial charge in [-0.3, -0.25) is 4.98 Å². The Hall–Kier alpha value is -1.62. The fraction of sp³-hybridized carbons (Fsp3) is 0.500. The first-order chi connectivity index (χ1) is 8.15. The van der Waals surface area contributed by atoms with Crippen molar-refractivity contribution in [1.29, 1.82) is 0 Å². The topological polar surface area (TPSA) is 65.5 Å². The number of aliphatic hydroxyl groups is 1. The van der Waals surface area contributed by atoms with E-state index in [4.69, 9.17) is 5.11 Å². The number of amides is 2. The van der Waals surface area contributed by atoms with Crippen molar-refractivity contribution in [1.82, 2.24) is 15.2 Å². The lowest BCUT2D eigenvalue weighted by Gasteiger charge is -2.16. The van der Waals surface area contributed by atoms with E-state index in [0.717, 1.165) is 12.0 Å². The number of aliphatic hydroxyl groups excluding tert-OH is 1. The molecule has 0 saturated carbocycles. The minimum absolute atomic E-state index is 0.0205. The van der Waals surface area contributed by atoms with Crippen LogP contribution in [0.5, 0.6) is 0 Å². The molecule has 0 aromatic carbocycles. The number of nitrogens with one attached hydrogen (secondary N) is 1. The van der Waals surface area contributed by atoms with Crippen molar-refractivity contribution in [3.8, 4) is 0 Å². The minimum Gasteiger partial charge on any atom is -0.395 e. The summed E-state index contributed by atoms with van der Waals surface area (Å²) in [6, 6.07) is 1.80. The summed E-state index contributed by atoms with van der Waals surface area (Å²) in [6.07, 6.45) is 4.35. The van der Waals surface area contributed by atoms with Crippen LogP contribution in [0.25, 0.3) is 0 Å². The number of likely N-dealkylation sites (N-methyl/N-ethyl adjacent to an activating group) is 1. The molecule has 0 aliphatic rings. The van der Waals surface area contributed by atoms with Gasteiger partial charge in [-0.1, -0.05) is 0 Å². The Balaban J connectivity index is 2.33. The van der Waals surface area contributed by atoms with Crippen LogP contribution in [-0.2, 0) is 6.42 Å². The van der Waals surface area contributed by atoms with E-state index in [-0.39, 0.29) is 12.6 Å². The molecule has 0 saturated heterocycles. The summed E-state index contributed by atoms with van der Waals surface area (Å²) in [4.78, 5) is 17.0. The van der Waals surface area contributed by atoms with Crippen LogP contribution in [0, 0.1) is 6.92 Å². The summed E-state index contributed by atoms with van der Waals surface area (Å²) in [6.45, 7) is 2.91. The van der Waals surface area contributed by atoms with Gasteiger partial charge in [0.1, 0.15) is 0 Å². The molecule has 5 nitrogen and oxygen atoms in total. The van der Waals surface area contributed by atoms with Crippen LogP contribution in [0.2, 0.25) is 0 Å². The van der Waals surface area contributed by atoms with Gasteiger partial charge in [0.05, 0.1) is 6.61 Å². The van der Waals surface area contributed by atoms with E-state index in [1.54, 1.807) is 13.2 Å². The van der Waals surface area contributed by atoms with E-state index in [0.29, 0.717) is 13.1 Å². The first-order valence-corrected chi connectivity index (χ1v) is 5.64. The monoisotopic (exact) mass is 237 g/mol. The second kappa shape index (κ2) is 6.85. The Kier molecular flexibility index (Phi) is 5.42. The number of hydrogen-bond donors (Lipinski definition) is 2. The molecule has 0 unspecified atom stereocenters. The summed E-state index contributed by atoms with van der Waals surface area (Å²) < 4.78 is 0. The molecule has 1 heterocycles.